The predicted molar refractivity (Wildman–Crippen MR) is 208 cm³/mol. The molecule has 0 unspecified atom stereocenters. The van der Waals surface area contributed by atoms with Crippen LogP contribution in [0.25, 0.3) is 98.0 Å². The van der Waals surface area contributed by atoms with Gasteiger partial charge < -0.3 is 0 Å². The summed E-state index contributed by atoms with van der Waals surface area (Å²) in [4.78, 5) is 0. The molecule has 0 saturated heterocycles. The molecular formula is C48H30. The lowest BCUT2D eigenvalue weighted by Gasteiger charge is -2.21. The molecule has 0 spiro atoms. The van der Waals surface area contributed by atoms with Gasteiger partial charge in [0.15, 0.2) is 0 Å². The molecule has 0 aromatic heterocycles. The summed E-state index contributed by atoms with van der Waals surface area (Å²) in [6, 6.07) is 67.2. The largest absolute Gasteiger partial charge is 0.0616 e. The summed E-state index contributed by atoms with van der Waals surface area (Å²) < 4.78 is 0. The van der Waals surface area contributed by atoms with Crippen LogP contribution in [0.15, 0.2) is 182 Å². The third-order valence-electron chi connectivity index (χ3n) is 10.2. The molecule has 10 rings (SSSR count). The molecule has 0 atom stereocenters. The van der Waals surface area contributed by atoms with Gasteiger partial charge in [-0.25, -0.2) is 0 Å². The van der Waals surface area contributed by atoms with E-state index in [4.69, 9.17) is 0 Å². The van der Waals surface area contributed by atoms with E-state index in [1.807, 2.05) is 0 Å². The molecule has 10 aromatic carbocycles. The van der Waals surface area contributed by atoms with E-state index in [-0.39, 0.29) is 0 Å². The first-order chi connectivity index (χ1) is 23.8. The van der Waals surface area contributed by atoms with Crippen LogP contribution in [0, 0.1) is 0 Å². The van der Waals surface area contributed by atoms with Crippen molar-refractivity contribution in [2.24, 2.45) is 0 Å². The molecule has 0 N–H and O–H groups in total. The standard InChI is InChI=1S/C48H30/c1-2-14-33-28-35(25-24-31(33)12-1)34-16-11-17-37(29-34)46-42-22-9-10-23-43(42)48(47-39-19-6-3-13-32(39)26-27-44(46)47)45-30-36-15-4-5-18-38(36)40-20-7-8-21-41(40)45/h1-30H. The van der Waals surface area contributed by atoms with Gasteiger partial charge >= 0.3 is 0 Å². The Bertz CT molecular complexity index is 2890. The molecule has 0 radical (unpaired) electrons. The first-order valence-corrected chi connectivity index (χ1v) is 16.7. The van der Waals surface area contributed by atoms with E-state index in [9.17, 15) is 0 Å². The van der Waals surface area contributed by atoms with Crippen LogP contribution in [0.2, 0.25) is 0 Å². The van der Waals surface area contributed by atoms with Crippen molar-refractivity contribution >= 4 is 64.6 Å². The topological polar surface area (TPSA) is 0 Å². The Morgan fingerprint density at radius 1 is 0.229 bits per heavy atom. The van der Waals surface area contributed by atoms with Gasteiger partial charge in [-0.1, -0.05) is 164 Å². The van der Waals surface area contributed by atoms with Crippen molar-refractivity contribution in [1.82, 2.24) is 0 Å². The second-order valence-corrected chi connectivity index (χ2v) is 12.8. The number of hydrogen-bond acceptors (Lipinski definition) is 0. The van der Waals surface area contributed by atoms with E-state index >= 15 is 0 Å². The van der Waals surface area contributed by atoms with E-state index in [2.05, 4.69) is 182 Å². The maximum atomic E-state index is 2.42. The lowest BCUT2D eigenvalue weighted by molar-refractivity contribution is 1.63. The number of rotatable bonds is 3. The molecule has 0 saturated carbocycles. The molecule has 0 aliphatic carbocycles. The Kier molecular flexibility index (Phi) is 5.98. The van der Waals surface area contributed by atoms with E-state index in [0.29, 0.717) is 0 Å². The summed E-state index contributed by atoms with van der Waals surface area (Å²) in [5.41, 5.74) is 7.54. The number of fused-ring (bicyclic) bond motifs is 8. The normalized spacial score (nSPS) is 11.8. The van der Waals surface area contributed by atoms with E-state index in [1.54, 1.807) is 0 Å². The monoisotopic (exact) mass is 606 g/mol. The summed E-state index contributed by atoms with van der Waals surface area (Å²) in [5.74, 6) is 0. The quantitative estimate of drug-likeness (QED) is 0.139. The Morgan fingerprint density at radius 2 is 0.792 bits per heavy atom. The molecule has 0 aliphatic heterocycles. The molecule has 48 heavy (non-hydrogen) atoms. The first kappa shape index (κ1) is 26.9. The molecule has 0 amide bonds. The number of hydrogen-bond donors (Lipinski definition) is 0. The number of benzene rings is 10. The highest BCUT2D eigenvalue weighted by molar-refractivity contribution is 6.30. The Hall–Kier alpha value is -6.24. The molecular weight excluding hydrogens is 577 g/mol. The first-order valence-electron chi connectivity index (χ1n) is 16.7. The zero-order valence-corrected chi connectivity index (χ0v) is 26.3. The highest BCUT2D eigenvalue weighted by Gasteiger charge is 2.21. The maximum absolute atomic E-state index is 2.42. The summed E-state index contributed by atoms with van der Waals surface area (Å²) in [5, 5.41) is 15.3. The summed E-state index contributed by atoms with van der Waals surface area (Å²) >= 11 is 0. The molecule has 0 heteroatoms. The van der Waals surface area contributed by atoms with Crippen molar-refractivity contribution < 1.29 is 0 Å². The molecule has 0 heterocycles. The molecule has 222 valence electrons. The van der Waals surface area contributed by atoms with Crippen molar-refractivity contribution in [1.29, 1.82) is 0 Å². The highest BCUT2D eigenvalue weighted by Crippen LogP contribution is 2.48. The van der Waals surface area contributed by atoms with Gasteiger partial charge in [-0.15, -0.1) is 0 Å². The van der Waals surface area contributed by atoms with Crippen molar-refractivity contribution in [3.05, 3.63) is 182 Å². The van der Waals surface area contributed by atoms with Gasteiger partial charge in [-0.3, -0.25) is 0 Å². The minimum absolute atomic E-state index is 1.22. The average Bonchev–Trinajstić information content (AvgIpc) is 3.16. The summed E-state index contributed by atoms with van der Waals surface area (Å²) in [7, 11) is 0. The van der Waals surface area contributed by atoms with Crippen molar-refractivity contribution in [3.63, 3.8) is 0 Å². The van der Waals surface area contributed by atoms with Gasteiger partial charge in [0.2, 0.25) is 0 Å². The molecule has 0 nitrogen and oxygen atoms in total. The zero-order valence-electron chi connectivity index (χ0n) is 26.3. The third kappa shape index (κ3) is 4.10. The zero-order chi connectivity index (χ0) is 31.6. The van der Waals surface area contributed by atoms with Gasteiger partial charge in [0, 0.05) is 0 Å². The van der Waals surface area contributed by atoms with Gasteiger partial charge in [0.1, 0.15) is 0 Å². The van der Waals surface area contributed by atoms with Crippen LogP contribution < -0.4 is 0 Å². The van der Waals surface area contributed by atoms with Crippen LogP contribution in [0.3, 0.4) is 0 Å². The smallest absolute Gasteiger partial charge is 0.00137 e. The lowest BCUT2D eigenvalue weighted by atomic mass is 9.82. The van der Waals surface area contributed by atoms with E-state index < -0.39 is 0 Å². The van der Waals surface area contributed by atoms with Crippen molar-refractivity contribution in [3.8, 4) is 33.4 Å². The minimum atomic E-state index is 1.22. The van der Waals surface area contributed by atoms with Crippen LogP contribution in [-0.4, -0.2) is 0 Å². The maximum Gasteiger partial charge on any atom is -0.00137 e. The molecule has 0 aliphatic rings. The fourth-order valence-corrected chi connectivity index (χ4v) is 8.02. The van der Waals surface area contributed by atoms with Crippen LogP contribution in [0.4, 0.5) is 0 Å². The third-order valence-corrected chi connectivity index (χ3v) is 10.2. The summed E-state index contributed by atoms with van der Waals surface area (Å²) in [6.07, 6.45) is 0. The Balaban J connectivity index is 1.34. The lowest BCUT2D eigenvalue weighted by Crippen LogP contribution is -1.93. The van der Waals surface area contributed by atoms with Gasteiger partial charge in [0.25, 0.3) is 0 Å². The van der Waals surface area contributed by atoms with Crippen LogP contribution in [0.1, 0.15) is 0 Å². The molecule has 0 fully saturated rings. The van der Waals surface area contributed by atoms with Gasteiger partial charge in [0.05, 0.1) is 0 Å². The van der Waals surface area contributed by atoms with Gasteiger partial charge in [-0.2, -0.15) is 0 Å². The Morgan fingerprint density at radius 3 is 1.60 bits per heavy atom. The van der Waals surface area contributed by atoms with E-state index in [0.717, 1.165) is 0 Å². The Labute approximate surface area is 279 Å². The minimum Gasteiger partial charge on any atom is -0.0616 e. The SMILES string of the molecule is c1cc(-c2ccc3ccccc3c2)cc(-c2c3ccccc3c(-c3cc4ccccc4c4ccccc34)c3c2ccc2ccccc23)c1. The van der Waals surface area contributed by atoms with Crippen LogP contribution in [0.5, 0.6) is 0 Å². The van der Waals surface area contributed by atoms with Gasteiger partial charge in [-0.05, 0) is 116 Å². The average molecular weight is 607 g/mol. The molecule has 0 bridgehead atoms. The predicted octanol–water partition coefficient (Wildman–Crippen LogP) is 13.6. The summed E-state index contributed by atoms with van der Waals surface area (Å²) in [6.45, 7) is 0. The second-order valence-electron chi connectivity index (χ2n) is 12.8. The molecule has 10 aromatic rings. The highest BCUT2D eigenvalue weighted by atomic mass is 14.2. The second kappa shape index (κ2) is 10.7. The van der Waals surface area contributed by atoms with Crippen molar-refractivity contribution in [2.45, 2.75) is 0 Å². The van der Waals surface area contributed by atoms with E-state index in [1.165, 1.54) is 98.0 Å². The van der Waals surface area contributed by atoms with Crippen molar-refractivity contribution in [2.75, 3.05) is 0 Å². The van der Waals surface area contributed by atoms with Crippen LogP contribution in [-0.2, 0) is 0 Å². The van der Waals surface area contributed by atoms with Crippen LogP contribution >= 0.6 is 0 Å². The fourth-order valence-electron chi connectivity index (χ4n) is 8.02. The fraction of sp³-hybridized carbons (Fsp3) is 0.